The molecule has 0 radical (unpaired) electrons. The number of Topliss-reactive ketones (excluding diaryl/α,β-unsaturated/α-hetero) is 1. The maximum atomic E-state index is 13.0. The van der Waals surface area contributed by atoms with Crippen molar-refractivity contribution in [1.82, 2.24) is 10.1 Å². The first-order valence-electron chi connectivity index (χ1n) is 10.9. The summed E-state index contributed by atoms with van der Waals surface area (Å²) < 4.78 is 17.0. The molecule has 2 aliphatic rings. The van der Waals surface area contributed by atoms with Gasteiger partial charge in [-0.05, 0) is 49.2 Å². The zero-order valence-corrected chi connectivity index (χ0v) is 18.6. The largest absolute Gasteiger partial charge is 0.497 e. The van der Waals surface area contributed by atoms with E-state index in [2.05, 4.69) is 5.16 Å². The van der Waals surface area contributed by atoms with E-state index in [4.69, 9.17) is 14.0 Å². The number of rotatable bonds is 3. The number of hydrogen-bond acceptors (Lipinski definition) is 6. The molecule has 0 unspecified atom stereocenters. The Morgan fingerprint density at radius 2 is 1.91 bits per heavy atom. The predicted molar refractivity (Wildman–Crippen MR) is 118 cm³/mol. The zero-order valence-electron chi connectivity index (χ0n) is 18.6. The number of hydrogen-bond donors (Lipinski definition) is 0. The van der Waals surface area contributed by atoms with Crippen LogP contribution < -0.4 is 9.47 Å². The standard InChI is InChI=1S/C25H26N2O5/c1-15-10-19-20(26-32-23(19)11-16(15)2)13-24(29)27-8-6-25(7-9-27)14-21(28)18-5-4-17(30-3)12-22(18)31-25/h4-5,10-12H,6-9,13-14H2,1-3H3. The molecule has 3 aromatic rings. The van der Waals surface area contributed by atoms with E-state index in [1.807, 2.05) is 30.9 Å². The first-order chi connectivity index (χ1) is 15.4. The minimum atomic E-state index is -0.567. The summed E-state index contributed by atoms with van der Waals surface area (Å²) in [6.07, 6.45) is 1.75. The van der Waals surface area contributed by atoms with Crippen molar-refractivity contribution in [3.05, 3.63) is 52.7 Å². The van der Waals surface area contributed by atoms with Gasteiger partial charge in [0.05, 0.1) is 25.5 Å². The summed E-state index contributed by atoms with van der Waals surface area (Å²) in [5.74, 6) is 1.32. The van der Waals surface area contributed by atoms with Gasteiger partial charge in [-0.1, -0.05) is 5.16 Å². The molecular weight excluding hydrogens is 408 g/mol. The van der Waals surface area contributed by atoms with Crippen LogP contribution in [0.2, 0.25) is 0 Å². The van der Waals surface area contributed by atoms with Gasteiger partial charge in [-0.25, -0.2) is 0 Å². The summed E-state index contributed by atoms with van der Waals surface area (Å²) in [5, 5.41) is 5.03. The number of ketones is 1. The molecule has 1 spiro atoms. The quantitative estimate of drug-likeness (QED) is 0.619. The van der Waals surface area contributed by atoms with Gasteiger partial charge in [0, 0.05) is 37.4 Å². The number of nitrogens with zero attached hydrogens (tertiary/aromatic N) is 2. The van der Waals surface area contributed by atoms with Crippen LogP contribution in [-0.4, -0.2) is 47.5 Å². The second-order valence-corrected chi connectivity index (χ2v) is 8.87. The number of aryl methyl sites for hydroxylation is 2. The monoisotopic (exact) mass is 434 g/mol. The number of likely N-dealkylation sites (tertiary alicyclic amines) is 1. The number of fused-ring (bicyclic) bond motifs is 2. The highest BCUT2D eigenvalue weighted by Crippen LogP contribution is 2.41. The first-order valence-corrected chi connectivity index (χ1v) is 10.9. The molecule has 1 amide bonds. The molecule has 2 aromatic carbocycles. The van der Waals surface area contributed by atoms with Crippen molar-refractivity contribution < 1.29 is 23.6 Å². The van der Waals surface area contributed by atoms with Gasteiger partial charge < -0.3 is 18.9 Å². The minimum Gasteiger partial charge on any atom is -0.497 e. The van der Waals surface area contributed by atoms with Gasteiger partial charge in [0.1, 0.15) is 22.8 Å². The molecule has 3 heterocycles. The topological polar surface area (TPSA) is 81.9 Å². The highest BCUT2D eigenvalue weighted by Gasteiger charge is 2.43. The van der Waals surface area contributed by atoms with Gasteiger partial charge >= 0.3 is 0 Å². The molecular formula is C25H26N2O5. The third-order valence-corrected chi connectivity index (χ3v) is 6.81. The molecule has 0 bridgehead atoms. The number of carbonyl (C=O) groups is 2. The van der Waals surface area contributed by atoms with Crippen LogP contribution in [0.3, 0.4) is 0 Å². The van der Waals surface area contributed by atoms with Crippen molar-refractivity contribution in [2.75, 3.05) is 20.2 Å². The van der Waals surface area contributed by atoms with Crippen molar-refractivity contribution in [3.8, 4) is 11.5 Å². The Morgan fingerprint density at radius 1 is 1.16 bits per heavy atom. The van der Waals surface area contributed by atoms with Crippen LogP contribution in [0.1, 0.15) is 46.4 Å². The second-order valence-electron chi connectivity index (χ2n) is 8.87. The average Bonchev–Trinajstić information content (AvgIpc) is 3.15. The van der Waals surface area contributed by atoms with Gasteiger partial charge in [-0.3, -0.25) is 9.59 Å². The molecule has 0 aliphatic carbocycles. The number of piperidine rings is 1. The molecule has 0 saturated carbocycles. The Kier molecular flexibility index (Phi) is 4.92. The molecule has 1 saturated heterocycles. The van der Waals surface area contributed by atoms with E-state index in [9.17, 15) is 9.59 Å². The van der Waals surface area contributed by atoms with E-state index in [1.54, 1.807) is 25.3 Å². The highest BCUT2D eigenvalue weighted by molar-refractivity contribution is 6.00. The second kappa shape index (κ2) is 7.65. The van der Waals surface area contributed by atoms with Gasteiger partial charge in [0.15, 0.2) is 11.4 Å². The van der Waals surface area contributed by atoms with E-state index in [0.29, 0.717) is 60.7 Å². The molecule has 5 rings (SSSR count). The molecule has 1 aromatic heterocycles. The van der Waals surface area contributed by atoms with Gasteiger partial charge in [-0.2, -0.15) is 0 Å². The predicted octanol–water partition coefficient (Wildman–Crippen LogP) is 4.02. The van der Waals surface area contributed by atoms with Crippen LogP contribution in [0.15, 0.2) is 34.9 Å². The number of amides is 1. The molecule has 0 atom stereocenters. The van der Waals surface area contributed by atoms with E-state index >= 15 is 0 Å². The molecule has 7 heteroatoms. The number of carbonyl (C=O) groups excluding carboxylic acids is 2. The van der Waals surface area contributed by atoms with Crippen LogP contribution in [0.5, 0.6) is 11.5 Å². The number of methoxy groups -OCH3 is 1. The normalized spacial score (nSPS) is 17.3. The van der Waals surface area contributed by atoms with Crippen LogP contribution in [0.4, 0.5) is 0 Å². The third-order valence-electron chi connectivity index (χ3n) is 6.81. The van der Waals surface area contributed by atoms with E-state index in [0.717, 1.165) is 16.5 Å². The average molecular weight is 434 g/mol. The van der Waals surface area contributed by atoms with Crippen LogP contribution in [0.25, 0.3) is 11.0 Å². The lowest BCUT2D eigenvalue weighted by Crippen LogP contribution is -2.52. The van der Waals surface area contributed by atoms with Crippen molar-refractivity contribution in [3.63, 3.8) is 0 Å². The van der Waals surface area contributed by atoms with E-state index in [-0.39, 0.29) is 18.1 Å². The van der Waals surface area contributed by atoms with E-state index in [1.165, 1.54) is 0 Å². The molecule has 0 N–H and O–H groups in total. The summed E-state index contributed by atoms with van der Waals surface area (Å²) in [6.45, 7) is 5.15. The van der Waals surface area contributed by atoms with Crippen molar-refractivity contribution in [2.45, 2.75) is 45.1 Å². The summed E-state index contributed by atoms with van der Waals surface area (Å²) in [7, 11) is 1.59. The fraction of sp³-hybridized carbons (Fsp3) is 0.400. The van der Waals surface area contributed by atoms with Crippen LogP contribution >= 0.6 is 0 Å². The lowest BCUT2D eigenvalue weighted by atomic mass is 9.82. The lowest BCUT2D eigenvalue weighted by Gasteiger charge is -2.44. The number of aromatic nitrogens is 1. The molecule has 32 heavy (non-hydrogen) atoms. The fourth-order valence-corrected chi connectivity index (χ4v) is 4.67. The van der Waals surface area contributed by atoms with Crippen molar-refractivity contribution in [2.24, 2.45) is 0 Å². The van der Waals surface area contributed by atoms with Gasteiger partial charge in [-0.15, -0.1) is 0 Å². The lowest BCUT2D eigenvalue weighted by molar-refractivity contribution is -0.134. The van der Waals surface area contributed by atoms with Crippen molar-refractivity contribution in [1.29, 1.82) is 0 Å². The minimum absolute atomic E-state index is 0.0116. The van der Waals surface area contributed by atoms with Gasteiger partial charge in [0.25, 0.3) is 0 Å². The molecule has 2 aliphatic heterocycles. The summed E-state index contributed by atoms with van der Waals surface area (Å²) in [5.41, 5.74) is 3.68. The van der Waals surface area contributed by atoms with E-state index < -0.39 is 5.60 Å². The molecule has 1 fully saturated rings. The SMILES string of the molecule is COc1ccc2c(c1)OC1(CCN(C(=O)Cc3noc4cc(C)c(C)cc34)CC1)CC2=O. The Balaban J connectivity index is 1.28. The number of benzene rings is 2. The maximum Gasteiger partial charge on any atom is 0.228 e. The molecule has 166 valence electrons. The van der Waals surface area contributed by atoms with Gasteiger partial charge in [0.2, 0.25) is 5.91 Å². The Bertz CT molecular complexity index is 1220. The first kappa shape index (κ1) is 20.5. The summed E-state index contributed by atoms with van der Waals surface area (Å²) in [4.78, 5) is 27.6. The Hall–Kier alpha value is -3.35. The summed E-state index contributed by atoms with van der Waals surface area (Å²) in [6, 6.07) is 9.29. The molecule has 7 nitrogen and oxygen atoms in total. The number of ether oxygens (including phenoxy) is 2. The van der Waals surface area contributed by atoms with Crippen molar-refractivity contribution >= 4 is 22.7 Å². The maximum absolute atomic E-state index is 13.0. The Morgan fingerprint density at radius 3 is 2.66 bits per heavy atom. The zero-order chi connectivity index (χ0) is 22.5. The van der Waals surface area contributed by atoms with Crippen LogP contribution in [-0.2, 0) is 11.2 Å². The highest BCUT2D eigenvalue weighted by atomic mass is 16.5. The summed E-state index contributed by atoms with van der Waals surface area (Å²) >= 11 is 0. The smallest absolute Gasteiger partial charge is 0.228 e. The Labute approximate surface area is 186 Å². The third kappa shape index (κ3) is 3.51. The van der Waals surface area contributed by atoms with Crippen LogP contribution in [0, 0.1) is 13.8 Å². The fourth-order valence-electron chi connectivity index (χ4n) is 4.67.